The number of rotatable bonds is 4. The molecule has 1 rings (SSSR count). The number of thioether (sulfide) groups is 1. The zero-order chi connectivity index (χ0) is 11.5. The van der Waals surface area contributed by atoms with Crippen molar-refractivity contribution in [2.75, 3.05) is 19.6 Å². The van der Waals surface area contributed by atoms with E-state index in [1.54, 1.807) is 0 Å². The van der Waals surface area contributed by atoms with Crippen LogP contribution in [0.4, 0.5) is 0 Å². The number of hydrogen-bond acceptors (Lipinski definition) is 3. The summed E-state index contributed by atoms with van der Waals surface area (Å²) in [5.74, 6) is 0. The van der Waals surface area contributed by atoms with Crippen LogP contribution < -0.4 is 5.73 Å². The van der Waals surface area contributed by atoms with E-state index in [1.165, 1.54) is 25.9 Å². The van der Waals surface area contributed by atoms with E-state index in [4.69, 9.17) is 5.73 Å². The van der Waals surface area contributed by atoms with Crippen molar-refractivity contribution in [2.45, 2.75) is 56.6 Å². The van der Waals surface area contributed by atoms with Crippen LogP contribution in [0.15, 0.2) is 0 Å². The average Bonchev–Trinajstić information content (AvgIpc) is 2.20. The highest BCUT2D eigenvalue weighted by Crippen LogP contribution is 2.32. The fourth-order valence-electron chi connectivity index (χ4n) is 2.68. The number of hydrogen-bond donors (Lipinski definition) is 1. The Kier molecular flexibility index (Phi) is 4.94. The summed E-state index contributed by atoms with van der Waals surface area (Å²) in [6, 6.07) is 0. The molecular formula is C12H26N2S. The molecule has 0 aliphatic carbocycles. The molecule has 1 fully saturated rings. The van der Waals surface area contributed by atoms with Crippen LogP contribution in [0, 0.1) is 0 Å². The first-order valence-corrected chi connectivity index (χ1v) is 7.12. The Morgan fingerprint density at radius 3 is 2.00 bits per heavy atom. The molecule has 90 valence electrons. The van der Waals surface area contributed by atoms with E-state index in [-0.39, 0.29) is 5.54 Å². The smallest absolute Gasteiger partial charge is 0.0327 e. The number of nitrogens with two attached hydrogens (primary N) is 1. The lowest BCUT2D eigenvalue weighted by Gasteiger charge is -2.47. The Balaban J connectivity index is 2.74. The van der Waals surface area contributed by atoms with E-state index in [0.717, 1.165) is 17.0 Å². The van der Waals surface area contributed by atoms with E-state index in [0.29, 0.717) is 0 Å². The largest absolute Gasteiger partial charge is 0.329 e. The third-order valence-electron chi connectivity index (χ3n) is 3.79. The van der Waals surface area contributed by atoms with Gasteiger partial charge in [-0.1, -0.05) is 27.7 Å². The van der Waals surface area contributed by atoms with Gasteiger partial charge in [0.2, 0.25) is 0 Å². The van der Waals surface area contributed by atoms with Gasteiger partial charge in [0.1, 0.15) is 0 Å². The summed E-state index contributed by atoms with van der Waals surface area (Å²) in [6.45, 7) is 12.4. The van der Waals surface area contributed by atoms with Gasteiger partial charge in [0.15, 0.2) is 0 Å². The van der Waals surface area contributed by atoms with Crippen molar-refractivity contribution in [2.24, 2.45) is 5.73 Å². The monoisotopic (exact) mass is 230 g/mol. The first-order chi connectivity index (χ1) is 7.07. The second-order valence-electron chi connectivity index (χ2n) is 4.80. The Hall–Kier alpha value is 0.270. The third-order valence-corrected chi connectivity index (χ3v) is 5.01. The Bertz CT molecular complexity index is 174. The van der Waals surface area contributed by atoms with Crippen molar-refractivity contribution in [1.82, 2.24) is 4.90 Å². The van der Waals surface area contributed by atoms with E-state index >= 15 is 0 Å². The summed E-state index contributed by atoms with van der Waals surface area (Å²) in [7, 11) is 0. The van der Waals surface area contributed by atoms with Gasteiger partial charge in [0.25, 0.3) is 0 Å². The standard InChI is InChI=1S/C12H26N2S/c1-5-12(6-2,9-13)14-7-10(3)15-11(4)8-14/h10-11H,5-9,13H2,1-4H3. The van der Waals surface area contributed by atoms with Crippen LogP contribution in [-0.2, 0) is 0 Å². The van der Waals surface area contributed by atoms with Crippen molar-refractivity contribution in [1.29, 1.82) is 0 Å². The Labute approximate surface area is 99.0 Å². The summed E-state index contributed by atoms with van der Waals surface area (Å²) < 4.78 is 0. The normalized spacial score (nSPS) is 29.4. The molecule has 1 heterocycles. The van der Waals surface area contributed by atoms with Gasteiger partial charge < -0.3 is 5.73 Å². The highest BCUT2D eigenvalue weighted by Gasteiger charge is 2.36. The average molecular weight is 230 g/mol. The van der Waals surface area contributed by atoms with Crippen LogP contribution in [0.25, 0.3) is 0 Å². The molecule has 1 saturated heterocycles. The molecular weight excluding hydrogens is 204 g/mol. The van der Waals surface area contributed by atoms with Gasteiger partial charge in [-0.2, -0.15) is 11.8 Å². The molecule has 0 bridgehead atoms. The van der Waals surface area contributed by atoms with Gasteiger partial charge in [-0.05, 0) is 12.8 Å². The molecule has 15 heavy (non-hydrogen) atoms. The molecule has 2 unspecified atom stereocenters. The van der Waals surface area contributed by atoms with Crippen LogP contribution in [-0.4, -0.2) is 40.6 Å². The van der Waals surface area contributed by atoms with Crippen molar-refractivity contribution >= 4 is 11.8 Å². The van der Waals surface area contributed by atoms with Crippen molar-refractivity contribution in [3.8, 4) is 0 Å². The molecule has 1 aliphatic heterocycles. The van der Waals surface area contributed by atoms with Gasteiger partial charge in [-0.15, -0.1) is 0 Å². The van der Waals surface area contributed by atoms with E-state index < -0.39 is 0 Å². The van der Waals surface area contributed by atoms with Crippen LogP contribution in [0.5, 0.6) is 0 Å². The maximum atomic E-state index is 6.00. The molecule has 1 aliphatic rings. The fraction of sp³-hybridized carbons (Fsp3) is 1.00. The molecule has 3 heteroatoms. The minimum absolute atomic E-state index is 0.253. The van der Waals surface area contributed by atoms with Crippen LogP contribution in [0.1, 0.15) is 40.5 Å². The molecule has 0 radical (unpaired) electrons. The van der Waals surface area contributed by atoms with Gasteiger partial charge in [-0.3, -0.25) is 4.90 Å². The molecule has 0 amide bonds. The summed E-state index contributed by atoms with van der Waals surface area (Å²) in [5.41, 5.74) is 6.26. The molecule has 2 N–H and O–H groups in total. The highest BCUT2D eigenvalue weighted by atomic mass is 32.2. The lowest BCUT2D eigenvalue weighted by molar-refractivity contribution is 0.0832. The Morgan fingerprint density at radius 1 is 1.20 bits per heavy atom. The van der Waals surface area contributed by atoms with Crippen molar-refractivity contribution in [3.05, 3.63) is 0 Å². The van der Waals surface area contributed by atoms with Gasteiger partial charge >= 0.3 is 0 Å². The second kappa shape index (κ2) is 5.55. The van der Waals surface area contributed by atoms with Gasteiger partial charge in [0.05, 0.1) is 0 Å². The highest BCUT2D eigenvalue weighted by molar-refractivity contribution is 8.00. The number of nitrogens with zero attached hydrogens (tertiary/aromatic N) is 1. The zero-order valence-corrected chi connectivity index (χ0v) is 11.4. The molecule has 0 aromatic heterocycles. The molecule has 0 aromatic rings. The second-order valence-corrected chi connectivity index (χ2v) is 6.68. The summed E-state index contributed by atoms with van der Waals surface area (Å²) >= 11 is 2.11. The maximum Gasteiger partial charge on any atom is 0.0327 e. The quantitative estimate of drug-likeness (QED) is 0.804. The van der Waals surface area contributed by atoms with E-state index in [2.05, 4.69) is 44.4 Å². The molecule has 0 spiro atoms. The molecule has 0 aromatic carbocycles. The zero-order valence-electron chi connectivity index (χ0n) is 10.6. The van der Waals surface area contributed by atoms with E-state index in [9.17, 15) is 0 Å². The molecule has 2 atom stereocenters. The minimum atomic E-state index is 0.253. The lowest BCUT2D eigenvalue weighted by atomic mass is 9.90. The van der Waals surface area contributed by atoms with Crippen LogP contribution in [0.3, 0.4) is 0 Å². The van der Waals surface area contributed by atoms with Gasteiger partial charge in [0, 0.05) is 35.7 Å². The lowest BCUT2D eigenvalue weighted by Crippen LogP contribution is -2.58. The van der Waals surface area contributed by atoms with Crippen molar-refractivity contribution < 1.29 is 0 Å². The van der Waals surface area contributed by atoms with Crippen molar-refractivity contribution in [3.63, 3.8) is 0 Å². The third kappa shape index (κ3) is 2.89. The molecule has 2 nitrogen and oxygen atoms in total. The first kappa shape index (κ1) is 13.3. The summed E-state index contributed by atoms with van der Waals surface area (Å²) in [5, 5.41) is 1.50. The predicted octanol–water partition coefficient (Wildman–Crippen LogP) is 2.33. The van der Waals surface area contributed by atoms with Gasteiger partial charge in [-0.25, -0.2) is 0 Å². The topological polar surface area (TPSA) is 29.3 Å². The van der Waals surface area contributed by atoms with E-state index in [1.807, 2.05) is 0 Å². The maximum absolute atomic E-state index is 6.00. The van der Waals surface area contributed by atoms with Crippen LogP contribution >= 0.6 is 11.8 Å². The first-order valence-electron chi connectivity index (χ1n) is 6.18. The Morgan fingerprint density at radius 2 is 1.67 bits per heavy atom. The predicted molar refractivity (Wildman–Crippen MR) is 70.5 cm³/mol. The summed E-state index contributed by atoms with van der Waals surface area (Å²) in [4.78, 5) is 2.64. The molecule has 0 saturated carbocycles. The van der Waals surface area contributed by atoms with Crippen LogP contribution in [0.2, 0.25) is 0 Å². The minimum Gasteiger partial charge on any atom is -0.329 e. The fourth-order valence-corrected chi connectivity index (χ4v) is 4.01. The summed E-state index contributed by atoms with van der Waals surface area (Å²) in [6.07, 6.45) is 2.34. The SMILES string of the molecule is CCC(CC)(CN)N1CC(C)SC(C)C1.